The molecule has 0 spiro atoms. The van der Waals surface area contributed by atoms with E-state index in [9.17, 15) is 5.11 Å². The van der Waals surface area contributed by atoms with E-state index in [4.69, 9.17) is 4.74 Å². The summed E-state index contributed by atoms with van der Waals surface area (Å²) in [6.07, 6.45) is 2.05. The summed E-state index contributed by atoms with van der Waals surface area (Å²) >= 11 is 3.38. The number of nitrogens with zero attached hydrogens (tertiary/aromatic N) is 1. The van der Waals surface area contributed by atoms with Gasteiger partial charge in [-0.15, -0.1) is 0 Å². The number of piperidine rings is 1. The predicted octanol–water partition coefficient (Wildman–Crippen LogP) is 2.92. The van der Waals surface area contributed by atoms with Gasteiger partial charge in [0, 0.05) is 11.0 Å². The average Bonchev–Trinajstić information content (AvgIpc) is 2.41. The first-order chi connectivity index (χ1) is 9.13. The van der Waals surface area contributed by atoms with Crippen molar-refractivity contribution in [3.63, 3.8) is 0 Å². The van der Waals surface area contributed by atoms with Crippen LogP contribution < -0.4 is 4.74 Å². The Morgan fingerprint density at radius 2 is 1.95 bits per heavy atom. The maximum atomic E-state index is 10.0. The molecule has 19 heavy (non-hydrogen) atoms. The third kappa shape index (κ3) is 5.13. The van der Waals surface area contributed by atoms with Gasteiger partial charge in [-0.2, -0.15) is 0 Å². The number of hydrogen-bond donors (Lipinski definition) is 1. The van der Waals surface area contributed by atoms with Crippen LogP contribution >= 0.6 is 15.9 Å². The van der Waals surface area contributed by atoms with Crippen molar-refractivity contribution >= 4 is 15.9 Å². The molecule has 4 heteroatoms. The first kappa shape index (κ1) is 14.8. The molecule has 106 valence electrons. The number of likely N-dealkylation sites (tertiary alicyclic amines) is 1. The number of aliphatic hydroxyl groups is 1. The standard InChI is InChI=1S/C15H22BrNO2/c1-12-6-8-17(9-7-12)10-14(18)11-19-15-4-2-13(16)3-5-15/h2-5,12,14,18H,6-11H2,1H3/t14-/m0/s1. The lowest BCUT2D eigenvalue weighted by Crippen LogP contribution is -2.40. The highest BCUT2D eigenvalue weighted by atomic mass is 79.9. The van der Waals surface area contributed by atoms with Crippen molar-refractivity contribution in [1.82, 2.24) is 4.90 Å². The van der Waals surface area contributed by atoms with E-state index in [0.29, 0.717) is 13.2 Å². The molecule has 1 N–H and O–H groups in total. The van der Waals surface area contributed by atoms with Crippen LogP contribution in [0, 0.1) is 5.92 Å². The van der Waals surface area contributed by atoms with Crippen LogP contribution in [0.2, 0.25) is 0 Å². The van der Waals surface area contributed by atoms with Gasteiger partial charge in [0.05, 0.1) is 0 Å². The van der Waals surface area contributed by atoms with Crippen molar-refractivity contribution in [2.75, 3.05) is 26.2 Å². The lowest BCUT2D eigenvalue weighted by Gasteiger charge is -2.31. The molecule has 0 aliphatic carbocycles. The maximum absolute atomic E-state index is 10.0. The SMILES string of the molecule is CC1CCN(C[C@H](O)COc2ccc(Br)cc2)CC1. The minimum atomic E-state index is -0.419. The monoisotopic (exact) mass is 327 g/mol. The fraction of sp³-hybridized carbons (Fsp3) is 0.600. The number of rotatable bonds is 5. The van der Waals surface area contributed by atoms with Crippen LogP contribution in [0.25, 0.3) is 0 Å². The highest BCUT2D eigenvalue weighted by Gasteiger charge is 2.18. The van der Waals surface area contributed by atoms with Gasteiger partial charge in [0.2, 0.25) is 0 Å². The molecule has 1 aromatic carbocycles. The Balaban J connectivity index is 1.69. The van der Waals surface area contributed by atoms with E-state index in [1.165, 1.54) is 12.8 Å². The molecular weight excluding hydrogens is 306 g/mol. The first-order valence-electron chi connectivity index (χ1n) is 6.92. The summed E-state index contributed by atoms with van der Waals surface area (Å²) < 4.78 is 6.62. The van der Waals surface area contributed by atoms with Crippen molar-refractivity contribution < 1.29 is 9.84 Å². The maximum Gasteiger partial charge on any atom is 0.119 e. The van der Waals surface area contributed by atoms with Gasteiger partial charge in [-0.3, -0.25) is 0 Å². The second kappa shape index (κ2) is 7.27. The third-order valence-electron chi connectivity index (χ3n) is 3.60. The molecule has 0 unspecified atom stereocenters. The molecule has 1 aliphatic heterocycles. The van der Waals surface area contributed by atoms with Crippen molar-refractivity contribution in [3.8, 4) is 5.75 Å². The Morgan fingerprint density at radius 1 is 1.32 bits per heavy atom. The zero-order valence-corrected chi connectivity index (χ0v) is 13.0. The summed E-state index contributed by atoms with van der Waals surface area (Å²) in [5.74, 6) is 1.63. The third-order valence-corrected chi connectivity index (χ3v) is 4.13. The molecule has 1 fully saturated rings. The summed E-state index contributed by atoms with van der Waals surface area (Å²) in [5.41, 5.74) is 0. The van der Waals surface area contributed by atoms with E-state index in [1.807, 2.05) is 24.3 Å². The van der Waals surface area contributed by atoms with Crippen molar-refractivity contribution in [2.24, 2.45) is 5.92 Å². The van der Waals surface area contributed by atoms with E-state index < -0.39 is 6.10 Å². The molecule has 1 heterocycles. The van der Waals surface area contributed by atoms with E-state index >= 15 is 0 Å². The quantitative estimate of drug-likeness (QED) is 0.902. The molecule has 1 atom stereocenters. The number of β-amino-alcohol motifs (C(OH)–C–C–N with tert-alkyl or cyclic N) is 1. The predicted molar refractivity (Wildman–Crippen MR) is 80.5 cm³/mol. The topological polar surface area (TPSA) is 32.7 Å². The lowest BCUT2D eigenvalue weighted by molar-refractivity contribution is 0.0563. The molecule has 0 radical (unpaired) electrons. The fourth-order valence-corrected chi connectivity index (χ4v) is 2.58. The van der Waals surface area contributed by atoms with Gasteiger partial charge >= 0.3 is 0 Å². The Kier molecular flexibility index (Phi) is 5.67. The number of benzene rings is 1. The lowest BCUT2D eigenvalue weighted by atomic mass is 9.99. The number of ether oxygens (including phenoxy) is 1. The molecule has 1 aliphatic rings. The van der Waals surface area contributed by atoms with Crippen LogP contribution in [0.3, 0.4) is 0 Å². The number of aliphatic hydroxyl groups excluding tert-OH is 1. The fourth-order valence-electron chi connectivity index (χ4n) is 2.32. The molecule has 1 aromatic rings. The number of halogens is 1. The Labute approximate surface area is 123 Å². The normalized spacial score (nSPS) is 19.3. The molecule has 3 nitrogen and oxygen atoms in total. The Morgan fingerprint density at radius 3 is 2.58 bits per heavy atom. The highest BCUT2D eigenvalue weighted by molar-refractivity contribution is 9.10. The van der Waals surface area contributed by atoms with Crippen molar-refractivity contribution in [2.45, 2.75) is 25.9 Å². The zero-order chi connectivity index (χ0) is 13.7. The second-order valence-corrected chi connectivity index (χ2v) is 6.32. The highest BCUT2D eigenvalue weighted by Crippen LogP contribution is 2.17. The van der Waals surface area contributed by atoms with Gasteiger partial charge in [-0.1, -0.05) is 22.9 Å². The molecule has 1 saturated heterocycles. The van der Waals surface area contributed by atoms with E-state index in [-0.39, 0.29) is 0 Å². The summed E-state index contributed by atoms with van der Waals surface area (Å²) in [6.45, 7) is 5.55. The minimum absolute atomic E-state index is 0.355. The molecule has 0 aromatic heterocycles. The number of hydrogen-bond acceptors (Lipinski definition) is 3. The van der Waals surface area contributed by atoms with Crippen LogP contribution in [0.4, 0.5) is 0 Å². The molecular formula is C15H22BrNO2. The van der Waals surface area contributed by atoms with Crippen LogP contribution in [0.15, 0.2) is 28.7 Å². The van der Waals surface area contributed by atoms with Gasteiger partial charge < -0.3 is 14.7 Å². The molecule has 0 amide bonds. The zero-order valence-electron chi connectivity index (χ0n) is 11.4. The van der Waals surface area contributed by atoms with Crippen LogP contribution in [-0.4, -0.2) is 42.4 Å². The van der Waals surface area contributed by atoms with E-state index in [0.717, 1.165) is 29.2 Å². The van der Waals surface area contributed by atoms with Crippen molar-refractivity contribution in [3.05, 3.63) is 28.7 Å². The van der Waals surface area contributed by atoms with Crippen LogP contribution in [-0.2, 0) is 0 Å². The summed E-state index contributed by atoms with van der Waals surface area (Å²) in [4.78, 5) is 2.33. The van der Waals surface area contributed by atoms with Gasteiger partial charge in [0.1, 0.15) is 18.5 Å². The Bertz CT molecular complexity index is 374. The molecule has 0 bridgehead atoms. The van der Waals surface area contributed by atoms with Crippen LogP contribution in [0.1, 0.15) is 19.8 Å². The summed E-state index contributed by atoms with van der Waals surface area (Å²) in [6, 6.07) is 7.68. The summed E-state index contributed by atoms with van der Waals surface area (Å²) in [7, 11) is 0. The van der Waals surface area contributed by atoms with Crippen molar-refractivity contribution in [1.29, 1.82) is 0 Å². The molecule has 2 rings (SSSR count). The van der Waals surface area contributed by atoms with Gasteiger partial charge in [0.25, 0.3) is 0 Å². The largest absolute Gasteiger partial charge is 0.491 e. The first-order valence-corrected chi connectivity index (χ1v) is 7.71. The average molecular weight is 328 g/mol. The minimum Gasteiger partial charge on any atom is -0.491 e. The van der Waals surface area contributed by atoms with Gasteiger partial charge in [0.15, 0.2) is 0 Å². The van der Waals surface area contributed by atoms with E-state index in [2.05, 4.69) is 27.8 Å². The van der Waals surface area contributed by atoms with Crippen LogP contribution in [0.5, 0.6) is 5.75 Å². The molecule has 0 saturated carbocycles. The second-order valence-electron chi connectivity index (χ2n) is 5.40. The Hall–Kier alpha value is -0.580. The smallest absolute Gasteiger partial charge is 0.119 e. The van der Waals surface area contributed by atoms with E-state index in [1.54, 1.807) is 0 Å². The summed E-state index contributed by atoms with van der Waals surface area (Å²) in [5, 5.41) is 10.0. The van der Waals surface area contributed by atoms with Gasteiger partial charge in [-0.05, 0) is 56.1 Å². The van der Waals surface area contributed by atoms with Gasteiger partial charge in [-0.25, -0.2) is 0 Å².